The number of morpholine rings is 1. The van der Waals surface area contributed by atoms with Crippen LogP contribution in [-0.2, 0) is 20.7 Å². The summed E-state index contributed by atoms with van der Waals surface area (Å²) < 4.78 is 5.30. The van der Waals surface area contributed by atoms with E-state index >= 15 is 0 Å². The van der Waals surface area contributed by atoms with Crippen molar-refractivity contribution >= 4 is 11.8 Å². The Morgan fingerprint density at radius 2 is 1.73 bits per heavy atom. The summed E-state index contributed by atoms with van der Waals surface area (Å²) in [7, 11) is 0. The third-order valence-corrected chi connectivity index (χ3v) is 5.28. The third-order valence-electron chi connectivity index (χ3n) is 5.28. The topological polar surface area (TPSA) is 61.9 Å². The van der Waals surface area contributed by atoms with Crippen LogP contribution in [0.25, 0.3) is 0 Å². The summed E-state index contributed by atoms with van der Waals surface area (Å²) in [5.41, 5.74) is 1.35. The molecule has 0 unspecified atom stereocenters. The highest BCUT2D eigenvalue weighted by molar-refractivity contribution is 6.35. The average Bonchev–Trinajstić information content (AvgIpc) is 2.69. The molecule has 26 heavy (non-hydrogen) atoms. The maximum absolute atomic E-state index is 12.3. The van der Waals surface area contributed by atoms with Gasteiger partial charge in [0.1, 0.15) is 0 Å². The summed E-state index contributed by atoms with van der Waals surface area (Å²) in [4.78, 5) is 28.4. The Labute approximate surface area is 155 Å². The Bertz CT molecular complexity index is 579. The molecule has 6 heteroatoms. The van der Waals surface area contributed by atoms with Crippen molar-refractivity contribution in [3.63, 3.8) is 0 Å². The quantitative estimate of drug-likeness (QED) is 0.794. The summed E-state index contributed by atoms with van der Waals surface area (Å²) in [5.74, 6) is -0.268. The second kappa shape index (κ2) is 9.69. The molecule has 0 atom stereocenters. The minimum absolute atomic E-state index is 0.384. The maximum Gasteiger partial charge on any atom is 0.311 e. The molecule has 0 aliphatic carbocycles. The van der Waals surface area contributed by atoms with E-state index in [0.29, 0.717) is 25.6 Å². The number of nitrogens with zero attached hydrogens (tertiary/aromatic N) is 2. The standard InChI is InChI=1S/C20H29N3O3/c24-19(21-8-11-22-12-14-26-15-13-22)20(25)23-9-6-18(7-10-23)16-17-4-2-1-3-5-17/h1-5,18H,6-16H2,(H,21,24). The number of ether oxygens (including phenoxy) is 1. The predicted molar refractivity (Wildman–Crippen MR) is 99.7 cm³/mol. The number of benzene rings is 1. The second-order valence-corrected chi connectivity index (χ2v) is 7.14. The molecule has 2 amide bonds. The Morgan fingerprint density at radius 1 is 1.04 bits per heavy atom. The first-order valence-corrected chi connectivity index (χ1v) is 9.63. The van der Waals surface area contributed by atoms with Crippen molar-refractivity contribution in [2.24, 2.45) is 5.92 Å². The molecule has 0 radical (unpaired) electrons. The number of nitrogens with one attached hydrogen (secondary N) is 1. The summed E-state index contributed by atoms with van der Waals surface area (Å²) in [6, 6.07) is 10.5. The van der Waals surface area contributed by atoms with Gasteiger partial charge in [0, 0.05) is 39.3 Å². The Balaban J connectivity index is 1.35. The Kier molecular flexibility index (Phi) is 7.03. The van der Waals surface area contributed by atoms with Gasteiger partial charge in [0.05, 0.1) is 13.2 Å². The molecule has 2 aliphatic heterocycles. The van der Waals surface area contributed by atoms with Gasteiger partial charge >= 0.3 is 11.8 Å². The number of piperidine rings is 1. The third kappa shape index (κ3) is 5.54. The zero-order valence-corrected chi connectivity index (χ0v) is 15.4. The van der Waals surface area contributed by atoms with Gasteiger partial charge in [0.2, 0.25) is 0 Å². The van der Waals surface area contributed by atoms with Gasteiger partial charge in [-0.1, -0.05) is 30.3 Å². The van der Waals surface area contributed by atoms with Crippen molar-refractivity contribution in [1.29, 1.82) is 0 Å². The molecule has 1 N–H and O–H groups in total. The molecule has 6 nitrogen and oxygen atoms in total. The molecule has 0 spiro atoms. The molecule has 2 fully saturated rings. The van der Waals surface area contributed by atoms with E-state index in [9.17, 15) is 9.59 Å². The molecular weight excluding hydrogens is 330 g/mol. The lowest BCUT2D eigenvalue weighted by atomic mass is 9.90. The number of carbonyl (C=O) groups is 2. The molecule has 2 heterocycles. The fourth-order valence-corrected chi connectivity index (χ4v) is 3.66. The molecule has 2 saturated heterocycles. The van der Waals surface area contributed by atoms with Crippen LogP contribution < -0.4 is 5.32 Å². The van der Waals surface area contributed by atoms with Crippen molar-refractivity contribution in [2.45, 2.75) is 19.3 Å². The monoisotopic (exact) mass is 359 g/mol. The van der Waals surface area contributed by atoms with Crippen LogP contribution in [0.15, 0.2) is 30.3 Å². The van der Waals surface area contributed by atoms with Crippen molar-refractivity contribution in [2.75, 3.05) is 52.5 Å². The molecule has 0 aromatic heterocycles. The van der Waals surface area contributed by atoms with Gasteiger partial charge in [-0.3, -0.25) is 14.5 Å². The second-order valence-electron chi connectivity index (χ2n) is 7.14. The van der Waals surface area contributed by atoms with Gasteiger partial charge < -0.3 is 15.0 Å². The number of hydrogen-bond donors (Lipinski definition) is 1. The molecule has 0 bridgehead atoms. The van der Waals surface area contributed by atoms with E-state index in [1.54, 1.807) is 4.90 Å². The van der Waals surface area contributed by atoms with Crippen LogP contribution >= 0.6 is 0 Å². The summed E-state index contributed by atoms with van der Waals surface area (Å²) >= 11 is 0. The fourth-order valence-electron chi connectivity index (χ4n) is 3.66. The summed E-state index contributed by atoms with van der Waals surface area (Å²) in [5, 5.41) is 2.77. The highest BCUT2D eigenvalue weighted by Gasteiger charge is 2.27. The summed E-state index contributed by atoms with van der Waals surface area (Å²) in [6.45, 7) is 5.88. The van der Waals surface area contributed by atoms with Gasteiger partial charge in [0.15, 0.2) is 0 Å². The van der Waals surface area contributed by atoms with Crippen LogP contribution in [0.4, 0.5) is 0 Å². The minimum atomic E-state index is -0.472. The molecule has 0 saturated carbocycles. The van der Waals surface area contributed by atoms with Crippen molar-refractivity contribution in [3.05, 3.63) is 35.9 Å². The Morgan fingerprint density at radius 3 is 2.42 bits per heavy atom. The smallest absolute Gasteiger partial charge is 0.311 e. The highest BCUT2D eigenvalue weighted by Crippen LogP contribution is 2.21. The van der Waals surface area contributed by atoms with Crippen LogP contribution in [0, 0.1) is 5.92 Å². The van der Waals surface area contributed by atoms with Crippen LogP contribution in [0.3, 0.4) is 0 Å². The van der Waals surface area contributed by atoms with Crippen LogP contribution in [-0.4, -0.2) is 74.1 Å². The number of rotatable bonds is 5. The zero-order valence-electron chi connectivity index (χ0n) is 15.4. The van der Waals surface area contributed by atoms with Crippen molar-refractivity contribution in [3.8, 4) is 0 Å². The van der Waals surface area contributed by atoms with Gasteiger partial charge in [-0.25, -0.2) is 0 Å². The molecule has 2 aliphatic rings. The van der Waals surface area contributed by atoms with E-state index in [2.05, 4.69) is 34.5 Å². The van der Waals surface area contributed by atoms with Gasteiger partial charge in [-0.2, -0.15) is 0 Å². The fraction of sp³-hybridized carbons (Fsp3) is 0.600. The molecule has 142 valence electrons. The lowest BCUT2D eigenvalue weighted by molar-refractivity contribution is -0.146. The zero-order chi connectivity index (χ0) is 18.2. The first-order valence-electron chi connectivity index (χ1n) is 9.63. The lowest BCUT2D eigenvalue weighted by Gasteiger charge is -2.31. The number of carbonyl (C=O) groups excluding carboxylic acids is 2. The predicted octanol–water partition coefficient (Wildman–Crippen LogP) is 0.916. The minimum Gasteiger partial charge on any atom is -0.379 e. The van der Waals surface area contributed by atoms with E-state index in [-0.39, 0.29) is 5.91 Å². The van der Waals surface area contributed by atoms with Crippen LogP contribution in [0.2, 0.25) is 0 Å². The van der Waals surface area contributed by atoms with E-state index in [0.717, 1.165) is 52.1 Å². The maximum atomic E-state index is 12.3. The summed E-state index contributed by atoms with van der Waals surface area (Å²) in [6.07, 6.45) is 2.97. The van der Waals surface area contributed by atoms with Crippen LogP contribution in [0.1, 0.15) is 18.4 Å². The van der Waals surface area contributed by atoms with E-state index < -0.39 is 5.91 Å². The molecule has 1 aromatic rings. The number of hydrogen-bond acceptors (Lipinski definition) is 4. The highest BCUT2D eigenvalue weighted by atomic mass is 16.5. The average molecular weight is 359 g/mol. The van der Waals surface area contributed by atoms with Crippen molar-refractivity contribution < 1.29 is 14.3 Å². The lowest BCUT2D eigenvalue weighted by Crippen LogP contribution is -2.48. The Hall–Kier alpha value is -1.92. The SMILES string of the molecule is O=C(NCCN1CCOCC1)C(=O)N1CCC(Cc2ccccc2)CC1. The first-order chi connectivity index (χ1) is 12.7. The molecule has 3 rings (SSSR count). The molecular formula is C20H29N3O3. The van der Waals surface area contributed by atoms with Crippen LogP contribution in [0.5, 0.6) is 0 Å². The normalized spacial score (nSPS) is 19.3. The van der Waals surface area contributed by atoms with Gasteiger partial charge in [-0.05, 0) is 30.7 Å². The largest absolute Gasteiger partial charge is 0.379 e. The van der Waals surface area contributed by atoms with E-state index in [1.165, 1.54) is 5.56 Å². The van der Waals surface area contributed by atoms with Crippen molar-refractivity contribution in [1.82, 2.24) is 15.1 Å². The van der Waals surface area contributed by atoms with Gasteiger partial charge in [-0.15, -0.1) is 0 Å². The van der Waals surface area contributed by atoms with Gasteiger partial charge in [0.25, 0.3) is 0 Å². The van der Waals surface area contributed by atoms with E-state index in [1.807, 2.05) is 6.07 Å². The van der Waals surface area contributed by atoms with E-state index in [4.69, 9.17) is 4.74 Å². The number of likely N-dealkylation sites (tertiary alicyclic amines) is 1. The first kappa shape index (κ1) is 18.9. The number of amides is 2. The molecule has 1 aromatic carbocycles.